The van der Waals surface area contributed by atoms with Crippen molar-refractivity contribution in [2.75, 3.05) is 37.6 Å². The molecule has 2 aliphatic heterocycles. The number of piperazine rings is 1. The highest BCUT2D eigenvalue weighted by atomic mass is 16.6. The Labute approximate surface area is 197 Å². The number of benzene rings is 2. The van der Waals surface area contributed by atoms with Crippen LogP contribution < -0.4 is 4.90 Å². The van der Waals surface area contributed by atoms with Gasteiger partial charge in [0.1, 0.15) is 6.10 Å². The summed E-state index contributed by atoms with van der Waals surface area (Å²) < 4.78 is 5.58. The first-order chi connectivity index (χ1) is 16.2. The number of ether oxygens (including phenoxy) is 1. The van der Waals surface area contributed by atoms with Gasteiger partial charge in [-0.05, 0) is 35.8 Å². The molecular formula is C28H33N3O2. The molecule has 4 rings (SSSR count). The third-order valence-corrected chi connectivity index (χ3v) is 6.31. The van der Waals surface area contributed by atoms with Crippen LogP contribution in [0.5, 0.6) is 0 Å². The average molecular weight is 444 g/mol. The monoisotopic (exact) mass is 443 g/mol. The fourth-order valence-electron chi connectivity index (χ4n) is 4.41. The number of nitrogens with zero attached hydrogens (tertiary/aromatic N) is 3. The summed E-state index contributed by atoms with van der Waals surface area (Å²) in [6, 6.07) is 19.3. The number of para-hydroxylation sites is 1. The topological polar surface area (TPSA) is 36.0 Å². The lowest BCUT2D eigenvalue weighted by molar-refractivity contribution is 0.142. The van der Waals surface area contributed by atoms with Gasteiger partial charge in [0.2, 0.25) is 0 Å². The Hall–Kier alpha value is -3.31. The van der Waals surface area contributed by atoms with Crippen molar-refractivity contribution in [2.45, 2.75) is 26.1 Å². The second-order valence-corrected chi connectivity index (χ2v) is 8.55. The molecule has 2 aromatic rings. The molecule has 0 bridgehead atoms. The lowest BCUT2D eigenvalue weighted by Gasteiger charge is -2.36. The number of carbonyl (C=O) groups is 1. The molecule has 1 amide bonds. The molecule has 0 spiro atoms. The van der Waals surface area contributed by atoms with Crippen LogP contribution in [0.4, 0.5) is 10.5 Å². The van der Waals surface area contributed by atoms with Gasteiger partial charge in [-0.2, -0.15) is 0 Å². The minimum absolute atomic E-state index is 0.229. The summed E-state index contributed by atoms with van der Waals surface area (Å²) in [5, 5.41) is 0. The van der Waals surface area contributed by atoms with Crippen molar-refractivity contribution in [3.8, 4) is 0 Å². The van der Waals surface area contributed by atoms with E-state index in [1.165, 1.54) is 11.3 Å². The number of anilines is 1. The van der Waals surface area contributed by atoms with Crippen LogP contribution in [-0.4, -0.2) is 54.7 Å². The second kappa shape index (κ2) is 11.0. The summed E-state index contributed by atoms with van der Waals surface area (Å²) in [7, 11) is 0. The van der Waals surface area contributed by atoms with Crippen LogP contribution in [0.1, 0.15) is 18.1 Å². The molecule has 2 heterocycles. The van der Waals surface area contributed by atoms with Crippen molar-refractivity contribution in [1.29, 1.82) is 0 Å². The summed E-state index contributed by atoms with van der Waals surface area (Å²) in [5.74, 6) is 0. The normalized spacial score (nSPS) is 19.8. The molecule has 0 saturated carbocycles. The van der Waals surface area contributed by atoms with E-state index in [2.05, 4.69) is 71.0 Å². The molecule has 172 valence electrons. The molecule has 1 unspecified atom stereocenters. The fourth-order valence-corrected chi connectivity index (χ4v) is 4.41. The van der Waals surface area contributed by atoms with Crippen LogP contribution in [0.25, 0.3) is 0 Å². The quantitative estimate of drug-likeness (QED) is 0.537. The predicted octanol–water partition coefficient (Wildman–Crippen LogP) is 5.02. The number of amides is 1. The zero-order valence-corrected chi connectivity index (χ0v) is 19.4. The van der Waals surface area contributed by atoms with Gasteiger partial charge in [-0.15, -0.1) is 0 Å². The SMILES string of the molecule is C=C/C=C\C(=C/C)C1CN(Cc2ccc(CN3CCN(c4ccccc4)CC3)cc2)C(=O)O1. The first kappa shape index (κ1) is 22.9. The van der Waals surface area contributed by atoms with Crippen molar-refractivity contribution < 1.29 is 9.53 Å². The maximum Gasteiger partial charge on any atom is 0.410 e. The van der Waals surface area contributed by atoms with E-state index in [0.717, 1.165) is 43.9 Å². The van der Waals surface area contributed by atoms with Gasteiger partial charge in [0.25, 0.3) is 0 Å². The van der Waals surface area contributed by atoms with E-state index in [-0.39, 0.29) is 12.2 Å². The molecular weight excluding hydrogens is 410 g/mol. The molecule has 2 fully saturated rings. The second-order valence-electron chi connectivity index (χ2n) is 8.55. The molecule has 33 heavy (non-hydrogen) atoms. The van der Waals surface area contributed by atoms with Gasteiger partial charge in [-0.1, -0.05) is 73.3 Å². The summed E-state index contributed by atoms with van der Waals surface area (Å²) >= 11 is 0. The van der Waals surface area contributed by atoms with Crippen molar-refractivity contribution in [3.05, 3.63) is 102 Å². The smallest absolute Gasteiger partial charge is 0.410 e. The number of hydrogen-bond acceptors (Lipinski definition) is 4. The van der Waals surface area contributed by atoms with Crippen molar-refractivity contribution in [2.24, 2.45) is 0 Å². The van der Waals surface area contributed by atoms with Crippen LogP contribution in [0.3, 0.4) is 0 Å². The van der Waals surface area contributed by atoms with E-state index in [1.54, 1.807) is 11.0 Å². The first-order valence-corrected chi connectivity index (χ1v) is 11.7. The Balaban J connectivity index is 1.27. The van der Waals surface area contributed by atoms with Gasteiger partial charge < -0.3 is 9.64 Å². The zero-order valence-electron chi connectivity index (χ0n) is 19.4. The molecule has 5 nitrogen and oxygen atoms in total. The predicted molar refractivity (Wildman–Crippen MR) is 134 cm³/mol. The number of hydrogen-bond donors (Lipinski definition) is 0. The Bertz CT molecular complexity index is 990. The third-order valence-electron chi connectivity index (χ3n) is 6.31. The van der Waals surface area contributed by atoms with Gasteiger partial charge in [0, 0.05) is 45.0 Å². The van der Waals surface area contributed by atoms with Gasteiger partial charge in [-0.3, -0.25) is 9.80 Å². The van der Waals surface area contributed by atoms with E-state index in [1.807, 2.05) is 25.2 Å². The van der Waals surface area contributed by atoms with E-state index in [0.29, 0.717) is 13.1 Å². The van der Waals surface area contributed by atoms with Gasteiger partial charge in [0.05, 0.1) is 6.54 Å². The van der Waals surface area contributed by atoms with Crippen LogP contribution in [0, 0.1) is 0 Å². The lowest BCUT2D eigenvalue weighted by atomic mass is 10.1. The largest absolute Gasteiger partial charge is 0.439 e. The highest BCUT2D eigenvalue weighted by Gasteiger charge is 2.32. The summed E-state index contributed by atoms with van der Waals surface area (Å²) in [4.78, 5) is 19.1. The van der Waals surface area contributed by atoms with Crippen LogP contribution in [-0.2, 0) is 17.8 Å². The Kier molecular flexibility index (Phi) is 7.63. The Morgan fingerprint density at radius 1 is 1.00 bits per heavy atom. The van der Waals surface area contributed by atoms with Crippen LogP contribution >= 0.6 is 0 Å². The number of cyclic esters (lactones) is 1. The standard InChI is InChI=1S/C28H33N3O2/c1-3-5-9-25(4-2)27-22-31(28(32)33-27)21-24-14-12-23(13-15-24)20-29-16-18-30(19-17-29)26-10-7-6-8-11-26/h3-15,27H,1,16-22H2,2H3/b9-5-,25-4+. The molecule has 1 atom stereocenters. The minimum atomic E-state index is -0.258. The van der Waals surface area contributed by atoms with E-state index in [4.69, 9.17) is 4.74 Å². The molecule has 2 aliphatic rings. The highest BCUT2D eigenvalue weighted by Crippen LogP contribution is 2.22. The van der Waals surface area contributed by atoms with Crippen molar-refractivity contribution in [3.63, 3.8) is 0 Å². The Morgan fingerprint density at radius 2 is 1.67 bits per heavy atom. The zero-order chi connectivity index (χ0) is 23.0. The summed E-state index contributed by atoms with van der Waals surface area (Å²) in [6.07, 6.45) is 7.03. The number of carbonyl (C=O) groups excluding carboxylic acids is 1. The first-order valence-electron chi connectivity index (χ1n) is 11.7. The lowest BCUT2D eigenvalue weighted by Crippen LogP contribution is -2.45. The highest BCUT2D eigenvalue weighted by molar-refractivity contribution is 5.70. The number of allylic oxidation sites excluding steroid dienone is 3. The maximum absolute atomic E-state index is 12.4. The molecule has 2 saturated heterocycles. The average Bonchev–Trinajstić information content (AvgIpc) is 3.21. The van der Waals surface area contributed by atoms with E-state index in [9.17, 15) is 4.79 Å². The molecule has 0 N–H and O–H groups in total. The third kappa shape index (κ3) is 5.93. The van der Waals surface area contributed by atoms with E-state index >= 15 is 0 Å². The van der Waals surface area contributed by atoms with Gasteiger partial charge in [0.15, 0.2) is 0 Å². The molecule has 0 aromatic heterocycles. The van der Waals surface area contributed by atoms with Gasteiger partial charge >= 0.3 is 6.09 Å². The molecule has 5 heteroatoms. The van der Waals surface area contributed by atoms with E-state index < -0.39 is 0 Å². The Morgan fingerprint density at radius 3 is 2.30 bits per heavy atom. The minimum Gasteiger partial charge on any atom is -0.439 e. The fraction of sp³-hybridized carbons (Fsp3) is 0.321. The summed E-state index contributed by atoms with van der Waals surface area (Å²) in [5.41, 5.74) is 4.73. The summed E-state index contributed by atoms with van der Waals surface area (Å²) in [6.45, 7) is 12.0. The molecule has 0 aliphatic carbocycles. The number of rotatable bonds is 8. The van der Waals surface area contributed by atoms with Crippen LogP contribution in [0.15, 0.2) is 91.1 Å². The molecule has 2 aromatic carbocycles. The van der Waals surface area contributed by atoms with Crippen molar-refractivity contribution >= 4 is 11.8 Å². The van der Waals surface area contributed by atoms with Crippen LogP contribution in [0.2, 0.25) is 0 Å². The van der Waals surface area contributed by atoms with Gasteiger partial charge in [-0.25, -0.2) is 4.79 Å². The molecule has 0 radical (unpaired) electrons. The van der Waals surface area contributed by atoms with Crippen molar-refractivity contribution in [1.82, 2.24) is 9.80 Å². The maximum atomic E-state index is 12.4.